The van der Waals surface area contributed by atoms with Gasteiger partial charge in [0.05, 0.1) is 17.7 Å². The maximum atomic E-state index is 9.15. The van der Waals surface area contributed by atoms with Crippen LogP contribution < -0.4 is 5.32 Å². The highest BCUT2D eigenvalue weighted by Crippen LogP contribution is 2.49. The number of hydrogen-bond acceptors (Lipinski definition) is 2. The van der Waals surface area contributed by atoms with Crippen LogP contribution in [0.2, 0.25) is 0 Å². The van der Waals surface area contributed by atoms with Gasteiger partial charge in [0, 0.05) is 11.6 Å². The maximum absolute atomic E-state index is 9.15. The summed E-state index contributed by atoms with van der Waals surface area (Å²) in [5, 5.41) is 12.9. The summed E-state index contributed by atoms with van der Waals surface area (Å²) >= 11 is 0. The summed E-state index contributed by atoms with van der Waals surface area (Å²) in [6.45, 7) is 2.12. The van der Waals surface area contributed by atoms with Crippen LogP contribution in [0.15, 0.2) is 54.6 Å². The minimum Gasteiger partial charge on any atom is -0.378 e. The molecule has 2 heteroatoms. The van der Waals surface area contributed by atoms with E-state index in [0.29, 0.717) is 17.9 Å². The first-order valence-electron chi connectivity index (χ1n) is 7.80. The van der Waals surface area contributed by atoms with Crippen LogP contribution in [0, 0.1) is 24.2 Å². The van der Waals surface area contributed by atoms with Gasteiger partial charge in [-0.25, -0.2) is 0 Å². The van der Waals surface area contributed by atoms with E-state index in [2.05, 4.69) is 60.8 Å². The maximum Gasteiger partial charge on any atom is 0.0991 e. The second kappa shape index (κ2) is 5.03. The first-order valence-corrected chi connectivity index (χ1v) is 7.80. The molecule has 1 aliphatic heterocycles. The van der Waals surface area contributed by atoms with Gasteiger partial charge < -0.3 is 5.32 Å². The molecule has 0 radical (unpaired) electrons. The van der Waals surface area contributed by atoms with Gasteiger partial charge in [0.2, 0.25) is 0 Å². The first kappa shape index (κ1) is 13.2. The number of nitrogens with one attached hydrogen (secondary N) is 1. The van der Waals surface area contributed by atoms with Gasteiger partial charge in [0.25, 0.3) is 0 Å². The SMILES string of the molecule is Cc1ccc(C2Nc3ccc(C#N)cc3C3C=CCC32)cc1. The third-order valence-electron chi connectivity index (χ3n) is 4.93. The molecule has 0 fully saturated rings. The van der Waals surface area contributed by atoms with Crippen molar-refractivity contribution in [2.24, 2.45) is 5.92 Å². The molecule has 2 nitrogen and oxygen atoms in total. The Bertz CT molecular complexity index is 780. The zero-order chi connectivity index (χ0) is 15.1. The normalized spacial score (nSPS) is 25.0. The fourth-order valence-electron chi connectivity index (χ4n) is 3.77. The van der Waals surface area contributed by atoms with Crippen LogP contribution in [-0.4, -0.2) is 0 Å². The number of fused-ring (bicyclic) bond motifs is 3. The van der Waals surface area contributed by atoms with Crippen molar-refractivity contribution in [2.75, 3.05) is 5.32 Å². The van der Waals surface area contributed by atoms with Crippen LogP contribution >= 0.6 is 0 Å². The smallest absolute Gasteiger partial charge is 0.0991 e. The second-order valence-electron chi connectivity index (χ2n) is 6.30. The summed E-state index contributed by atoms with van der Waals surface area (Å²) in [7, 11) is 0. The van der Waals surface area contributed by atoms with Crippen molar-refractivity contribution in [3.63, 3.8) is 0 Å². The van der Waals surface area contributed by atoms with Gasteiger partial charge in [-0.3, -0.25) is 0 Å². The van der Waals surface area contributed by atoms with Crippen LogP contribution in [0.25, 0.3) is 0 Å². The van der Waals surface area contributed by atoms with E-state index in [0.717, 1.165) is 17.7 Å². The summed E-state index contributed by atoms with van der Waals surface area (Å²) in [6, 6.07) is 17.4. The average Bonchev–Trinajstić information content (AvgIpc) is 3.04. The number of allylic oxidation sites excluding steroid dienone is 2. The number of anilines is 1. The van der Waals surface area contributed by atoms with E-state index in [4.69, 9.17) is 5.26 Å². The Morgan fingerprint density at radius 2 is 1.95 bits per heavy atom. The highest BCUT2D eigenvalue weighted by molar-refractivity contribution is 5.61. The lowest BCUT2D eigenvalue weighted by atomic mass is 9.76. The summed E-state index contributed by atoms with van der Waals surface area (Å²) in [6.07, 6.45) is 5.69. The van der Waals surface area contributed by atoms with Crippen molar-refractivity contribution in [3.05, 3.63) is 76.9 Å². The third kappa shape index (κ3) is 2.02. The second-order valence-corrected chi connectivity index (χ2v) is 6.30. The summed E-state index contributed by atoms with van der Waals surface area (Å²) in [5.41, 5.74) is 5.81. The predicted octanol–water partition coefficient (Wildman–Crippen LogP) is 4.69. The molecule has 4 rings (SSSR count). The van der Waals surface area contributed by atoms with E-state index in [1.54, 1.807) is 0 Å². The number of aryl methyl sites for hydroxylation is 1. The molecule has 0 amide bonds. The van der Waals surface area contributed by atoms with E-state index >= 15 is 0 Å². The number of hydrogen-bond donors (Lipinski definition) is 1. The van der Waals surface area contributed by atoms with Crippen LogP contribution in [-0.2, 0) is 0 Å². The minimum atomic E-state index is 0.334. The van der Waals surface area contributed by atoms with Gasteiger partial charge in [0.1, 0.15) is 0 Å². The highest BCUT2D eigenvalue weighted by atomic mass is 15.0. The number of benzene rings is 2. The Hall–Kier alpha value is -2.53. The fraction of sp³-hybridized carbons (Fsp3) is 0.250. The molecule has 2 aliphatic rings. The van der Waals surface area contributed by atoms with Gasteiger partial charge in [-0.05, 0) is 48.6 Å². The van der Waals surface area contributed by atoms with E-state index in [9.17, 15) is 0 Å². The lowest BCUT2D eigenvalue weighted by Gasteiger charge is -2.37. The van der Waals surface area contributed by atoms with Gasteiger partial charge >= 0.3 is 0 Å². The lowest BCUT2D eigenvalue weighted by Crippen LogP contribution is -2.29. The van der Waals surface area contributed by atoms with E-state index in [1.807, 2.05) is 12.1 Å². The van der Waals surface area contributed by atoms with Crippen molar-refractivity contribution in [1.82, 2.24) is 0 Å². The molecule has 3 unspecified atom stereocenters. The summed E-state index contributed by atoms with van der Waals surface area (Å²) < 4.78 is 0. The van der Waals surface area contributed by atoms with Gasteiger partial charge in [-0.15, -0.1) is 0 Å². The Kier molecular flexibility index (Phi) is 3.01. The Morgan fingerprint density at radius 1 is 1.14 bits per heavy atom. The summed E-state index contributed by atoms with van der Waals surface area (Å²) in [5.74, 6) is 0.944. The van der Waals surface area contributed by atoms with E-state index < -0.39 is 0 Å². The van der Waals surface area contributed by atoms with Crippen LogP contribution in [0.3, 0.4) is 0 Å². The molecule has 0 bridgehead atoms. The van der Waals surface area contributed by atoms with Crippen molar-refractivity contribution in [3.8, 4) is 6.07 Å². The Balaban J connectivity index is 1.78. The van der Waals surface area contributed by atoms with Crippen LogP contribution in [0.5, 0.6) is 0 Å². The van der Waals surface area contributed by atoms with E-state index in [1.165, 1.54) is 16.7 Å². The quantitative estimate of drug-likeness (QED) is 0.772. The molecule has 1 aliphatic carbocycles. The van der Waals surface area contributed by atoms with E-state index in [-0.39, 0.29) is 0 Å². The standard InChI is InChI=1S/C20H18N2/c1-13-5-8-15(9-6-13)20-17-4-2-3-16(17)18-11-14(12-21)7-10-19(18)22-20/h2-3,5-11,16-17,20,22H,4H2,1H3. The fourth-order valence-corrected chi connectivity index (χ4v) is 3.77. The minimum absolute atomic E-state index is 0.334. The predicted molar refractivity (Wildman–Crippen MR) is 88.7 cm³/mol. The average molecular weight is 286 g/mol. The zero-order valence-electron chi connectivity index (χ0n) is 12.6. The lowest BCUT2D eigenvalue weighted by molar-refractivity contribution is 0.425. The number of nitriles is 1. The van der Waals surface area contributed by atoms with Gasteiger partial charge in [-0.2, -0.15) is 5.26 Å². The molecule has 108 valence electrons. The number of rotatable bonds is 1. The van der Waals surface area contributed by atoms with Gasteiger partial charge in [0.15, 0.2) is 0 Å². The third-order valence-corrected chi connectivity index (χ3v) is 4.93. The Morgan fingerprint density at radius 3 is 2.73 bits per heavy atom. The molecule has 0 spiro atoms. The van der Waals surface area contributed by atoms with Crippen molar-refractivity contribution >= 4 is 5.69 Å². The molecule has 2 aromatic rings. The molecule has 0 aromatic heterocycles. The topological polar surface area (TPSA) is 35.8 Å². The molecule has 0 saturated carbocycles. The Labute approximate surface area is 131 Å². The summed E-state index contributed by atoms with van der Waals surface area (Å²) in [4.78, 5) is 0. The molecular formula is C20H18N2. The largest absolute Gasteiger partial charge is 0.378 e. The molecule has 0 saturated heterocycles. The molecule has 1 heterocycles. The molecule has 1 N–H and O–H groups in total. The highest BCUT2D eigenvalue weighted by Gasteiger charge is 2.37. The molecule has 3 atom stereocenters. The molecular weight excluding hydrogens is 268 g/mol. The molecule has 22 heavy (non-hydrogen) atoms. The monoisotopic (exact) mass is 286 g/mol. The van der Waals surface area contributed by atoms with Crippen LogP contribution in [0.4, 0.5) is 5.69 Å². The van der Waals surface area contributed by atoms with Crippen molar-refractivity contribution in [1.29, 1.82) is 5.26 Å². The van der Waals surface area contributed by atoms with Gasteiger partial charge in [-0.1, -0.05) is 42.0 Å². The number of nitrogens with zero attached hydrogens (tertiary/aromatic N) is 1. The molecule has 2 aromatic carbocycles. The zero-order valence-corrected chi connectivity index (χ0v) is 12.6. The van der Waals surface area contributed by atoms with Crippen molar-refractivity contribution < 1.29 is 0 Å². The first-order chi connectivity index (χ1) is 10.8. The van der Waals surface area contributed by atoms with Crippen LogP contribution in [0.1, 0.15) is 40.6 Å². The van der Waals surface area contributed by atoms with Crippen molar-refractivity contribution in [2.45, 2.75) is 25.3 Å².